The van der Waals surface area contributed by atoms with Crippen molar-refractivity contribution in [2.45, 2.75) is 6.04 Å². The molecular formula is C11H21ClN4O3S. The van der Waals surface area contributed by atoms with Gasteiger partial charge in [0.25, 0.3) is 0 Å². The minimum Gasteiger partial charge on any atom is -0.384 e. The van der Waals surface area contributed by atoms with E-state index in [1.807, 2.05) is 17.8 Å². The number of aryl methyl sites for hydroxylation is 1. The fourth-order valence-electron chi connectivity index (χ4n) is 2.24. The average molecular weight is 325 g/mol. The summed E-state index contributed by atoms with van der Waals surface area (Å²) in [5.74, 6) is 0.762. The van der Waals surface area contributed by atoms with Crippen molar-refractivity contribution in [1.82, 2.24) is 19.2 Å². The second-order valence-corrected chi connectivity index (χ2v) is 6.58. The van der Waals surface area contributed by atoms with Crippen LogP contribution in [-0.4, -0.2) is 61.4 Å². The van der Waals surface area contributed by atoms with Crippen LogP contribution in [0.2, 0.25) is 0 Å². The molecule has 1 aliphatic rings. The molecule has 0 spiro atoms. The van der Waals surface area contributed by atoms with Crippen LogP contribution in [0.4, 0.5) is 0 Å². The first kappa shape index (κ1) is 17.4. The van der Waals surface area contributed by atoms with Crippen molar-refractivity contribution >= 4 is 22.4 Å². The maximum absolute atomic E-state index is 12.3. The first-order valence-electron chi connectivity index (χ1n) is 6.22. The maximum Gasteiger partial charge on any atom is 0.217 e. The van der Waals surface area contributed by atoms with E-state index in [9.17, 15) is 8.42 Å². The molecular weight excluding hydrogens is 304 g/mol. The number of rotatable bonds is 5. The number of hydrogen-bond acceptors (Lipinski definition) is 5. The molecule has 0 aromatic carbocycles. The summed E-state index contributed by atoms with van der Waals surface area (Å²) in [6.07, 6.45) is 3.51. The molecule has 1 unspecified atom stereocenters. The van der Waals surface area contributed by atoms with Gasteiger partial charge >= 0.3 is 0 Å². The summed E-state index contributed by atoms with van der Waals surface area (Å²) in [5, 5.41) is 3.22. The van der Waals surface area contributed by atoms with E-state index in [1.54, 1.807) is 6.20 Å². The number of piperazine rings is 1. The first-order valence-corrected chi connectivity index (χ1v) is 7.83. The summed E-state index contributed by atoms with van der Waals surface area (Å²) in [4.78, 5) is 4.27. The minimum absolute atomic E-state index is 0. The molecule has 1 aromatic rings. The van der Waals surface area contributed by atoms with E-state index in [4.69, 9.17) is 4.74 Å². The lowest BCUT2D eigenvalue weighted by molar-refractivity contribution is 0.211. The molecule has 2 heterocycles. The summed E-state index contributed by atoms with van der Waals surface area (Å²) in [5.41, 5.74) is 0. The number of sulfonamides is 1. The Morgan fingerprint density at radius 2 is 2.30 bits per heavy atom. The van der Waals surface area contributed by atoms with Gasteiger partial charge in [-0.2, -0.15) is 4.31 Å². The van der Waals surface area contributed by atoms with Crippen molar-refractivity contribution in [1.29, 1.82) is 0 Å². The van der Waals surface area contributed by atoms with Crippen molar-refractivity contribution in [2.24, 2.45) is 7.05 Å². The zero-order valence-electron chi connectivity index (χ0n) is 11.7. The van der Waals surface area contributed by atoms with Crippen LogP contribution in [0.3, 0.4) is 0 Å². The van der Waals surface area contributed by atoms with Crippen LogP contribution in [-0.2, 0) is 21.8 Å². The van der Waals surface area contributed by atoms with Crippen LogP contribution in [0.15, 0.2) is 12.4 Å². The number of imidazole rings is 1. The van der Waals surface area contributed by atoms with E-state index in [0.29, 0.717) is 19.6 Å². The lowest BCUT2D eigenvalue weighted by Gasteiger charge is -2.34. The minimum atomic E-state index is -3.32. The lowest BCUT2D eigenvalue weighted by atomic mass is 10.2. The van der Waals surface area contributed by atoms with Crippen LogP contribution >= 0.6 is 12.4 Å². The second-order valence-electron chi connectivity index (χ2n) is 4.54. The smallest absolute Gasteiger partial charge is 0.217 e. The quantitative estimate of drug-likeness (QED) is 0.809. The Bertz CT molecular complexity index is 519. The van der Waals surface area contributed by atoms with Gasteiger partial charge in [0.1, 0.15) is 5.82 Å². The Morgan fingerprint density at radius 3 is 2.90 bits per heavy atom. The summed E-state index contributed by atoms with van der Waals surface area (Å²) in [7, 11) is 0.0529. The van der Waals surface area contributed by atoms with E-state index in [1.165, 1.54) is 11.4 Å². The van der Waals surface area contributed by atoms with E-state index >= 15 is 0 Å². The number of methoxy groups -OCH3 is 1. The molecule has 9 heteroatoms. The molecule has 20 heavy (non-hydrogen) atoms. The van der Waals surface area contributed by atoms with Crippen LogP contribution < -0.4 is 5.32 Å². The van der Waals surface area contributed by atoms with Crippen molar-refractivity contribution in [2.75, 3.05) is 39.1 Å². The van der Waals surface area contributed by atoms with Crippen LogP contribution in [0.25, 0.3) is 0 Å². The van der Waals surface area contributed by atoms with E-state index < -0.39 is 10.0 Å². The van der Waals surface area contributed by atoms with Gasteiger partial charge in [-0.15, -0.1) is 12.4 Å². The Labute approximate surface area is 125 Å². The summed E-state index contributed by atoms with van der Waals surface area (Å²) in [6, 6.07) is -0.254. The normalized spacial score (nSPS) is 20.6. The molecule has 1 saturated heterocycles. The Kier molecular flexibility index (Phi) is 6.41. The SMILES string of the molecule is COCCS(=O)(=O)N1CCNCC1c1nccn1C.Cl. The number of ether oxygens (including phenoxy) is 1. The van der Waals surface area contributed by atoms with Crippen LogP contribution in [0.1, 0.15) is 11.9 Å². The van der Waals surface area contributed by atoms with E-state index in [0.717, 1.165) is 5.82 Å². The fraction of sp³-hybridized carbons (Fsp3) is 0.727. The topological polar surface area (TPSA) is 76.5 Å². The second kappa shape index (κ2) is 7.37. The highest BCUT2D eigenvalue weighted by Crippen LogP contribution is 2.23. The molecule has 0 aliphatic carbocycles. The highest BCUT2D eigenvalue weighted by molar-refractivity contribution is 7.89. The van der Waals surface area contributed by atoms with Gasteiger partial charge in [0.05, 0.1) is 18.4 Å². The predicted octanol–water partition coefficient (Wildman–Crippen LogP) is -0.236. The molecule has 0 amide bonds. The number of aromatic nitrogens is 2. The molecule has 1 aliphatic heterocycles. The Balaban J connectivity index is 0.00000200. The van der Waals surface area contributed by atoms with Gasteiger partial charge in [-0.25, -0.2) is 13.4 Å². The van der Waals surface area contributed by atoms with Crippen molar-refractivity contribution in [3.8, 4) is 0 Å². The third-order valence-corrected chi connectivity index (χ3v) is 5.09. The zero-order valence-corrected chi connectivity index (χ0v) is 13.3. The number of halogens is 1. The number of nitrogens with one attached hydrogen (secondary N) is 1. The molecule has 2 rings (SSSR count). The van der Waals surface area contributed by atoms with Crippen molar-refractivity contribution in [3.05, 3.63) is 18.2 Å². The highest BCUT2D eigenvalue weighted by Gasteiger charge is 2.34. The third-order valence-electron chi connectivity index (χ3n) is 3.25. The molecule has 1 aromatic heterocycles. The first-order chi connectivity index (χ1) is 9.06. The number of hydrogen-bond donors (Lipinski definition) is 1. The Morgan fingerprint density at radius 1 is 1.55 bits per heavy atom. The lowest BCUT2D eigenvalue weighted by Crippen LogP contribution is -2.50. The zero-order chi connectivity index (χ0) is 13.9. The van der Waals surface area contributed by atoms with Crippen LogP contribution in [0.5, 0.6) is 0 Å². The van der Waals surface area contributed by atoms with Gasteiger partial charge in [-0.05, 0) is 0 Å². The molecule has 1 N–H and O–H groups in total. The van der Waals surface area contributed by atoms with Gasteiger partial charge < -0.3 is 14.6 Å². The fourth-order valence-corrected chi connectivity index (χ4v) is 3.78. The van der Waals surface area contributed by atoms with Gasteiger partial charge in [-0.3, -0.25) is 0 Å². The average Bonchev–Trinajstić information content (AvgIpc) is 2.83. The predicted molar refractivity (Wildman–Crippen MR) is 78.4 cm³/mol. The van der Waals surface area contributed by atoms with Gasteiger partial charge in [0, 0.05) is 46.2 Å². The molecule has 7 nitrogen and oxygen atoms in total. The third kappa shape index (κ3) is 3.70. The Hall–Kier alpha value is -0.670. The largest absolute Gasteiger partial charge is 0.384 e. The molecule has 0 saturated carbocycles. The molecule has 116 valence electrons. The van der Waals surface area contributed by atoms with E-state index in [-0.39, 0.29) is 30.8 Å². The maximum atomic E-state index is 12.3. The van der Waals surface area contributed by atoms with Gasteiger partial charge in [-0.1, -0.05) is 0 Å². The highest BCUT2D eigenvalue weighted by atomic mass is 35.5. The monoisotopic (exact) mass is 324 g/mol. The van der Waals surface area contributed by atoms with Crippen molar-refractivity contribution in [3.63, 3.8) is 0 Å². The standard InChI is InChI=1S/C11H20N4O3S.ClH/c1-14-5-4-13-11(14)10-9-12-3-6-15(10)19(16,17)8-7-18-2;/h4-5,10,12H,3,6-9H2,1-2H3;1H. The van der Waals surface area contributed by atoms with Crippen molar-refractivity contribution < 1.29 is 13.2 Å². The summed E-state index contributed by atoms with van der Waals surface area (Å²) >= 11 is 0. The molecule has 1 fully saturated rings. The van der Waals surface area contributed by atoms with Crippen LogP contribution in [0, 0.1) is 0 Å². The van der Waals surface area contributed by atoms with Gasteiger partial charge in [0.15, 0.2) is 0 Å². The molecule has 0 bridgehead atoms. The summed E-state index contributed by atoms with van der Waals surface area (Å²) in [6.45, 7) is 1.91. The van der Waals surface area contributed by atoms with Gasteiger partial charge in [0.2, 0.25) is 10.0 Å². The van der Waals surface area contributed by atoms with E-state index in [2.05, 4.69) is 10.3 Å². The molecule has 0 radical (unpaired) electrons. The molecule has 1 atom stereocenters. The summed E-state index contributed by atoms with van der Waals surface area (Å²) < 4.78 is 33.0. The number of nitrogens with zero attached hydrogens (tertiary/aromatic N) is 3.